The van der Waals surface area contributed by atoms with Crippen molar-refractivity contribution in [3.05, 3.63) is 69.4 Å². The molecular weight excluding hydrogens is 522 g/mol. The van der Waals surface area contributed by atoms with Gasteiger partial charge in [-0.25, -0.2) is 23.7 Å². The number of amides is 1. The molecule has 2 aromatic carbocycles. The van der Waals surface area contributed by atoms with Crippen LogP contribution in [0.15, 0.2) is 47.7 Å². The third-order valence-corrected chi connectivity index (χ3v) is 7.00. The number of nitrogens with zero attached hydrogens (tertiary/aromatic N) is 6. The number of carbonyl (C=O) groups excluding carboxylic acids is 1. The average molecular weight is 539 g/mol. The summed E-state index contributed by atoms with van der Waals surface area (Å²) in [6.45, 7) is 1.34. The van der Waals surface area contributed by atoms with Crippen molar-refractivity contribution in [1.82, 2.24) is 19.9 Å². The van der Waals surface area contributed by atoms with E-state index in [1.807, 2.05) is 11.0 Å². The van der Waals surface area contributed by atoms with E-state index in [0.717, 1.165) is 6.07 Å². The molecule has 8 nitrogen and oxygen atoms in total. The summed E-state index contributed by atoms with van der Waals surface area (Å²) >= 11 is 7.71. The normalized spacial score (nSPS) is 14.2. The maximum absolute atomic E-state index is 15.6. The van der Waals surface area contributed by atoms with Crippen LogP contribution in [0.3, 0.4) is 0 Å². The molecule has 0 atom stereocenters. The summed E-state index contributed by atoms with van der Waals surface area (Å²) in [5.41, 5.74) is -0.725. The first-order valence-electron chi connectivity index (χ1n) is 11.0. The van der Waals surface area contributed by atoms with Crippen molar-refractivity contribution in [2.75, 3.05) is 31.1 Å². The Morgan fingerprint density at radius 3 is 2.62 bits per heavy atom. The Morgan fingerprint density at radius 2 is 1.95 bits per heavy atom. The highest BCUT2D eigenvalue weighted by atomic mass is 35.5. The SMILES string of the molecule is N#C/C(=C\c1nccs1)C(=O)N1CCN(c2ncnc3c(F)c(-c4c(O)cccc4F)c(Cl)cc23)CC1. The van der Waals surface area contributed by atoms with Gasteiger partial charge in [0.15, 0.2) is 5.82 Å². The second-order valence-corrected chi connectivity index (χ2v) is 9.43. The number of rotatable bonds is 4. The van der Waals surface area contributed by atoms with Crippen molar-refractivity contribution in [3.8, 4) is 22.9 Å². The smallest absolute Gasteiger partial charge is 0.264 e. The molecule has 2 aromatic heterocycles. The lowest BCUT2D eigenvalue weighted by Crippen LogP contribution is -2.49. The number of phenolic OH excluding ortho intramolecular Hbond substituents is 1. The maximum atomic E-state index is 15.6. The fraction of sp³-hybridized carbons (Fsp3) is 0.160. The highest BCUT2D eigenvalue weighted by molar-refractivity contribution is 7.10. The highest BCUT2D eigenvalue weighted by Gasteiger charge is 2.27. The van der Waals surface area contributed by atoms with Crippen molar-refractivity contribution in [2.45, 2.75) is 0 Å². The molecular formula is C25H17ClF2N6O2S. The second-order valence-electron chi connectivity index (χ2n) is 8.09. The van der Waals surface area contributed by atoms with E-state index in [2.05, 4.69) is 15.0 Å². The summed E-state index contributed by atoms with van der Waals surface area (Å²) in [4.78, 5) is 28.7. The molecule has 0 radical (unpaired) electrons. The lowest BCUT2D eigenvalue weighted by molar-refractivity contribution is -0.126. The number of piperazine rings is 1. The van der Waals surface area contributed by atoms with Crippen LogP contribution in [0.5, 0.6) is 5.75 Å². The minimum Gasteiger partial charge on any atom is -0.507 e. The van der Waals surface area contributed by atoms with Gasteiger partial charge >= 0.3 is 0 Å². The van der Waals surface area contributed by atoms with Crippen LogP contribution in [0.1, 0.15) is 5.01 Å². The number of halogens is 3. The zero-order chi connectivity index (χ0) is 26.1. The molecule has 0 aliphatic carbocycles. The largest absolute Gasteiger partial charge is 0.507 e. The van der Waals surface area contributed by atoms with Crippen molar-refractivity contribution in [2.24, 2.45) is 0 Å². The van der Waals surface area contributed by atoms with Gasteiger partial charge in [-0.3, -0.25) is 4.79 Å². The first kappa shape index (κ1) is 24.5. The van der Waals surface area contributed by atoms with Gasteiger partial charge in [0.2, 0.25) is 0 Å². The highest BCUT2D eigenvalue weighted by Crippen LogP contribution is 2.42. The van der Waals surface area contributed by atoms with Gasteiger partial charge in [-0.1, -0.05) is 17.7 Å². The predicted octanol–water partition coefficient (Wildman–Crippen LogP) is 4.65. The minimum absolute atomic E-state index is 0.00587. The van der Waals surface area contributed by atoms with E-state index in [-0.39, 0.29) is 27.2 Å². The van der Waals surface area contributed by atoms with Crippen LogP contribution in [0, 0.1) is 23.0 Å². The van der Waals surface area contributed by atoms with E-state index >= 15 is 4.39 Å². The molecule has 1 saturated heterocycles. The van der Waals surface area contributed by atoms with Gasteiger partial charge in [0.05, 0.1) is 10.6 Å². The van der Waals surface area contributed by atoms with Crippen LogP contribution in [-0.2, 0) is 4.79 Å². The quantitative estimate of drug-likeness (QED) is 0.298. The van der Waals surface area contributed by atoms with Crippen LogP contribution in [-0.4, -0.2) is 57.0 Å². The van der Waals surface area contributed by atoms with Gasteiger partial charge in [-0.15, -0.1) is 11.3 Å². The van der Waals surface area contributed by atoms with E-state index in [4.69, 9.17) is 11.6 Å². The van der Waals surface area contributed by atoms with Crippen LogP contribution in [0.2, 0.25) is 5.02 Å². The Labute approximate surface area is 218 Å². The number of benzene rings is 2. The minimum atomic E-state index is -0.883. The molecule has 0 bridgehead atoms. The van der Waals surface area contributed by atoms with Crippen molar-refractivity contribution in [1.29, 1.82) is 5.26 Å². The zero-order valence-corrected chi connectivity index (χ0v) is 20.6. The lowest BCUT2D eigenvalue weighted by atomic mass is 10.0. The van der Waals surface area contributed by atoms with E-state index in [9.17, 15) is 19.6 Å². The van der Waals surface area contributed by atoms with Gasteiger partial charge in [0.1, 0.15) is 45.9 Å². The molecule has 0 spiro atoms. The Morgan fingerprint density at radius 1 is 1.16 bits per heavy atom. The number of phenols is 1. The standard InChI is InChI=1S/C25H17ClF2N6O2S/c26-16-11-15-23(22(28)20(16)21-17(27)2-1-3-18(21)35)31-13-32-24(15)33-5-7-34(8-6-33)25(36)14(12-29)10-19-30-4-9-37-19/h1-4,9-11,13,35H,5-8H2/b14-10+. The second kappa shape index (κ2) is 10.1. The van der Waals surface area contributed by atoms with Crippen molar-refractivity contribution >= 4 is 51.6 Å². The van der Waals surface area contributed by atoms with E-state index in [1.54, 1.807) is 16.5 Å². The van der Waals surface area contributed by atoms with Gasteiger partial charge in [0.25, 0.3) is 5.91 Å². The topological polar surface area (TPSA) is 106 Å². The molecule has 1 amide bonds. The molecule has 3 heterocycles. The lowest BCUT2D eigenvalue weighted by Gasteiger charge is -2.35. The molecule has 186 valence electrons. The number of nitriles is 1. The molecule has 1 N–H and O–H groups in total. The Balaban J connectivity index is 1.43. The molecule has 0 unspecified atom stereocenters. The Kier molecular flexibility index (Phi) is 6.69. The third-order valence-electron chi connectivity index (χ3n) is 5.98. The summed E-state index contributed by atoms with van der Waals surface area (Å²) in [5, 5.41) is 22.1. The Bertz CT molecular complexity index is 1560. The fourth-order valence-electron chi connectivity index (χ4n) is 4.22. The average Bonchev–Trinajstić information content (AvgIpc) is 3.42. The summed E-state index contributed by atoms with van der Waals surface area (Å²) in [5.74, 6) is -2.15. The molecule has 4 aromatic rings. The number of aromatic nitrogens is 3. The first-order valence-corrected chi connectivity index (χ1v) is 12.3. The summed E-state index contributed by atoms with van der Waals surface area (Å²) < 4.78 is 30.1. The van der Waals surface area contributed by atoms with Crippen LogP contribution >= 0.6 is 22.9 Å². The Hall–Kier alpha value is -4.14. The zero-order valence-electron chi connectivity index (χ0n) is 19.0. The molecule has 12 heteroatoms. The van der Waals surface area contributed by atoms with E-state index in [0.29, 0.717) is 42.4 Å². The molecule has 1 fully saturated rings. The number of hydrogen-bond acceptors (Lipinski definition) is 8. The predicted molar refractivity (Wildman–Crippen MR) is 136 cm³/mol. The summed E-state index contributed by atoms with van der Waals surface area (Å²) in [6.07, 6.45) is 4.26. The van der Waals surface area contributed by atoms with E-state index in [1.165, 1.54) is 41.9 Å². The van der Waals surface area contributed by atoms with Crippen molar-refractivity contribution in [3.63, 3.8) is 0 Å². The molecule has 5 rings (SSSR count). The molecule has 1 aliphatic heterocycles. The van der Waals surface area contributed by atoms with Crippen LogP contribution in [0.4, 0.5) is 14.6 Å². The number of thiazole rings is 1. The number of anilines is 1. The fourth-order valence-corrected chi connectivity index (χ4v) is 5.08. The molecule has 37 heavy (non-hydrogen) atoms. The number of carbonyl (C=O) groups is 1. The van der Waals surface area contributed by atoms with Crippen LogP contribution in [0.25, 0.3) is 28.1 Å². The van der Waals surface area contributed by atoms with Crippen LogP contribution < -0.4 is 4.90 Å². The van der Waals surface area contributed by atoms with E-state index < -0.39 is 23.3 Å². The molecule has 1 aliphatic rings. The van der Waals surface area contributed by atoms with Gasteiger partial charge < -0.3 is 14.9 Å². The number of aromatic hydroxyl groups is 1. The first-order chi connectivity index (χ1) is 17.9. The van der Waals surface area contributed by atoms with Gasteiger partial charge in [-0.05, 0) is 24.3 Å². The van der Waals surface area contributed by atoms with Crippen molar-refractivity contribution < 1.29 is 18.7 Å². The maximum Gasteiger partial charge on any atom is 0.264 e. The third kappa shape index (κ3) is 4.57. The number of hydrogen-bond donors (Lipinski definition) is 1. The monoisotopic (exact) mass is 538 g/mol. The number of fused-ring (bicyclic) bond motifs is 1. The summed E-state index contributed by atoms with van der Waals surface area (Å²) in [7, 11) is 0. The van der Waals surface area contributed by atoms with Gasteiger partial charge in [-0.2, -0.15) is 5.26 Å². The molecule has 0 saturated carbocycles. The van der Waals surface area contributed by atoms with Gasteiger partial charge in [0, 0.05) is 48.7 Å². The summed E-state index contributed by atoms with van der Waals surface area (Å²) in [6, 6.07) is 7.04.